The van der Waals surface area contributed by atoms with E-state index in [1.807, 2.05) is 18.2 Å². The quantitative estimate of drug-likeness (QED) is 0.502. The molecule has 6 rings (SSSR count). The fraction of sp³-hybridized carbons (Fsp3) is 0.375. The number of aromatic nitrogens is 4. The van der Waals surface area contributed by atoms with Crippen LogP contribution in [0.15, 0.2) is 36.5 Å². The second kappa shape index (κ2) is 7.41. The van der Waals surface area contributed by atoms with Gasteiger partial charge in [0.1, 0.15) is 11.3 Å². The summed E-state index contributed by atoms with van der Waals surface area (Å²) in [6, 6.07) is 9.84. The first-order chi connectivity index (χ1) is 15.5. The van der Waals surface area contributed by atoms with Crippen LogP contribution in [0.2, 0.25) is 0 Å². The number of halogens is 1. The minimum Gasteiger partial charge on any atom is -0.504 e. The number of rotatable bonds is 5. The first-order valence-electron chi connectivity index (χ1n) is 11.2. The number of fused-ring (bicyclic) bond motifs is 2. The molecule has 8 heteroatoms. The van der Waals surface area contributed by atoms with Crippen LogP contribution in [0.4, 0.5) is 10.2 Å². The van der Waals surface area contributed by atoms with Crippen LogP contribution >= 0.6 is 0 Å². The Hall–Kier alpha value is -3.26. The average Bonchev–Trinajstić information content (AvgIpc) is 3.37. The lowest BCUT2D eigenvalue weighted by Crippen LogP contribution is -2.34. The van der Waals surface area contributed by atoms with Gasteiger partial charge in [-0.3, -0.25) is 4.68 Å². The standard InChI is InChI=1S/C24H25FN6O/c1-30-12-15-10-17(24(32)22(25)23(15)29-30)18-4-5-20-19(27-18)6-7-21(28-20)31-9-8-16(13-31)26-11-14-2-3-14/h4-7,10,12,14,16,26,32H,2-3,8-9,11,13H2,1H3/t16-/m1/s1. The summed E-state index contributed by atoms with van der Waals surface area (Å²) in [5, 5.41) is 18.8. The van der Waals surface area contributed by atoms with Crippen molar-refractivity contribution in [2.24, 2.45) is 13.0 Å². The van der Waals surface area contributed by atoms with Gasteiger partial charge in [-0.2, -0.15) is 5.10 Å². The zero-order chi connectivity index (χ0) is 21.8. The molecule has 4 aromatic rings. The van der Waals surface area contributed by atoms with Crippen molar-refractivity contribution in [1.29, 1.82) is 0 Å². The Bertz CT molecular complexity index is 1330. The van der Waals surface area contributed by atoms with Crippen LogP contribution in [0.5, 0.6) is 5.75 Å². The van der Waals surface area contributed by atoms with E-state index < -0.39 is 11.6 Å². The third-order valence-electron chi connectivity index (χ3n) is 6.54. The molecule has 1 aliphatic heterocycles. The van der Waals surface area contributed by atoms with Crippen molar-refractivity contribution in [1.82, 2.24) is 25.1 Å². The number of anilines is 1. The summed E-state index contributed by atoms with van der Waals surface area (Å²) in [6.45, 7) is 3.09. The van der Waals surface area contributed by atoms with Gasteiger partial charge in [-0.15, -0.1) is 0 Å². The van der Waals surface area contributed by atoms with E-state index in [-0.39, 0.29) is 5.52 Å². The molecule has 0 radical (unpaired) electrons. The Morgan fingerprint density at radius 3 is 2.78 bits per heavy atom. The van der Waals surface area contributed by atoms with Crippen LogP contribution in [-0.2, 0) is 7.05 Å². The number of nitrogens with zero attached hydrogens (tertiary/aromatic N) is 5. The fourth-order valence-corrected chi connectivity index (χ4v) is 4.55. The normalized spacial score (nSPS) is 18.8. The first kappa shape index (κ1) is 19.4. The zero-order valence-corrected chi connectivity index (χ0v) is 17.9. The van der Waals surface area contributed by atoms with Crippen LogP contribution < -0.4 is 10.2 Å². The number of hydrogen-bond donors (Lipinski definition) is 2. The third-order valence-corrected chi connectivity index (χ3v) is 6.54. The van der Waals surface area contributed by atoms with Crippen molar-refractivity contribution in [3.8, 4) is 17.0 Å². The lowest BCUT2D eigenvalue weighted by molar-refractivity contribution is 0.437. The number of phenols is 1. The van der Waals surface area contributed by atoms with E-state index >= 15 is 0 Å². The van der Waals surface area contributed by atoms with Gasteiger partial charge in [-0.25, -0.2) is 14.4 Å². The summed E-state index contributed by atoms with van der Waals surface area (Å²) >= 11 is 0. The van der Waals surface area contributed by atoms with Crippen molar-refractivity contribution in [3.05, 3.63) is 42.3 Å². The molecule has 1 aliphatic carbocycles. The Labute approximate surface area is 184 Å². The molecule has 3 aromatic heterocycles. The van der Waals surface area contributed by atoms with Gasteiger partial charge in [-0.05, 0) is 62.1 Å². The molecule has 7 nitrogen and oxygen atoms in total. The number of phenolic OH excluding ortho intramolecular Hbond substituents is 1. The maximum Gasteiger partial charge on any atom is 0.193 e. The predicted molar refractivity (Wildman–Crippen MR) is 122 cm³/mol. The van der Waals surface area contributed by atoms with E-state index in [9.17, 15) is 9.50 Å². The summed E-state index contributed by atoms with van der Waals surface area (Å²) in [4.78, 5) is 11.8. The van der Waals surface area contributed by atoms with E-state index in [0.717, 1.165) is 43.3 Å². The zero-order valence-electron chi connectivity index (χ0n) is 17.9. The molecule has 1 atom stereocenters. The van der Waals surface area contributed by atoms with Gasteiger partial charge in [0, 0.05) is 43.3 Å². The van der Waals surface area contributed by atoms with E-state index in [2.05, 4.69) is 20.3 Å². The molecule has 0 amide bonds. The van der Waals surface area contributed by atoms with Crippen molar-refractivity contribution in [3.63, 3.8) is 0 Å². The van der Waals surface area contributed by atoms with E-state index in [0.29, 0.717) is 28.2 Å². The molecule has 32 heavy (non-hydrogen) atoms. The first-order valence-corrected chi connectivity index (χ1v) is 11.2. The highest BCUT2D eigenvalue weighted by atomic mass is 19.1. The topological polar surface area (TPSA) is 79.1 Å². The summed E-state index contributed by atoms with van der Waals surface area (Å²) in [5.41, 5.74) is 2.48. The number of benzene rings is 1. The molecule has 1 aromatic carbocycles. The molecule has 164 valence electrons. The van der Waals surface area contributed by atoms with Crippen LogP contribution in [0.1, 0.15) is 19.3 Å². The van der Waals surface area contributed by atoms with Crippen LogP contribution in [0.25, 0.3) is 33.2 Å². The van der Waals surface area contributed by atoms with E-state index in [4.69, 9.17) is 4.98 Å². The van der Waals surface area contributed by atoms with Crippen molar-refractivity contribution in [2.75, 3.05) is 24.5 Å². The van der Waals surface area contributed by atoms with Crippen LogP contribution in [0, 0.1) is 11.7 Å². The van der Waals surface area contributed by atoms with Gasteiger partial charge in [0.15, 0.2) is 11.6 Å². The number of nitrogens with one attached hydrogen (secondary N) is 1. The van der Waals surface area contributed by atoms with Crippen LogP contribution in [0.3, 0.4) is 0 Å². The summed E-state index contributed by atoms with van der Waals surface area (Å²) in [7, 11) is 1.72. The second-order valence-corrected chi connectivity index (χ2v) is 9.01. The number of pyridine rings is 2. The highest BCUT2D eigenvalue weighted by Crippen LogP contribution is 2.36. The highest BCUT2D eigenvalue weighted by Gasteiger charge is 2.27. The average molecular weight is 433 g/mol. The molecule has 2 aliphatic rings. The Morgan fingerprint density at radius 1 is 1.12 bits per heavy atom. The van der Waals surface area contributed by atoms with E-state index in [1.165, 1.54) is 17.5 Å². The smallest absolute Gasteiger partial charge is 0.193 e. The van der Waals surface area contributed by atoms with Gasteiger partial charge in [-0.1, -0.05) is 0 Å². The SMILES string of the molecule is Cn1cc2cc(-c3ccc4nc(N5CC[C@@H](NCC6CC6)C5)ccc4n3)c(O)c(F)c2n1. The maximum absolute atomic E-state index is 14.7. The minimum atomic E-state index is -0.729. The third kappa shape index (κ3) is 3.44. The van der Waals surface area contributed by atoms with Gasteiger partial charge >= 0.3 is 0 Å². The lowest BCUT2D eigenvalue weighted by Gasteiger charge is -2.18. The Kier molecular flexibility index (Phi) is 4.50. The molecule has 2 fully saturated rings. The molecule has 1 saturated carbocycles. The van der Waals surface area contributed by atoms with E-state index in [1.54, 1.807) is 25.4 Å². The Balaban J connectivity index is 1.28. The second-order valence-electron chi connectivity index (χ2n) is 9.01. The number of hydrogen-bond acceptors (Lipinski definition) is 6. The molecular formula is C24H25FN6O. The number of aryl methyl sites for hydroxylation is 1. The van der Waals surface area contributed by atoms with Gasteiger partial charge in [0.2, 0.25) is 0 Å². The van der Waals surface area contributed by atoms with Crippen LogP contribution in [-0.4, -0.2) is 50.5 Å². The minimum absolute atomic E-state index is 0.149. The summed E-state index contributed by atoms with van der Waals surface area (Å²) in [6.07, 6.45) is 5.58. The molecular weight excluding hydrogens is 407 g/mol. The number of aromatic hydroxyl groups is 1. The van der Waals surface area contributed by atoms with Crippen molar-refractivity contribution in [2.45, 2.75) is 25.3 Å². The largest absolute Gasteiger partial charge is 0.504 e. The Morgan fingerprint density at radius 2 is 1.94 bits per heavy atom. The van der Waals surface area contributed by atoms with Crippen molar-refractivity contribution >= 4 is 27.8 Å². The molecule has 2 N–H and O–H groups in total. The fourth-order valence-electron chi connectivity index (χ4n) is 4.55. The summed E-state index contributed by atoms with van der Waals surface area (Å²) in [5.74, 6) is 0.671. The molecule has 0 spiro atoms. The van der Waals surface area contributed by atoms with Gasteiger partial charge < -0.3 is 15.3 Å². The molecule has 0 unspecified atom stereocenters. The predicted octanol–water partition coefficient (Wildman–Crippen LogP) is 3.61. The highest BCUT2D eigenvalue weighted by molar-refractivity contribution is 5.89. The lowest BCUT2D eigenvalue weighted by atomic mass is 10.1. The van der Waals surface area contributed by atoms with Gasteiger partial charge in [0.25, 0.3) is 0 Å². The summed E-state index contributed by atoms with van der Waals surface area (Å²) < 4.78 is 16.2. The van der Waals surface area contributed by atoms with Gasteiger partial charge in [0.05, 0.1) is 16.7 Å². The monoisotopic (exact) mass is 432 g/mol. The maximum atomic E-state index is 14.7. The van der Waals surface area contributed by atoms with Crippen molar-refractivity contribution < 1.29 is 9.50 Å². The molecule has 0 bridgehead atoms. The molecule has 1 saturated heterocycles. The molecule has 4 heterocycles.